The number of rotatable bonds is 0. The summed E-state index contributed by atoms with van der Waals surface area (Å²) in [4.78, 5) is 11.8. The minimum atomic E-state index is -0.0823. The SMILES string of the molecule is C[C@@]12CCC(=O)C=C1CCC1C2CC[C@]2(C)C1CC[C@H]2O. The first-order valence-electron chi connectivity index (χ1n) is 8.87. The first-order valence-corrected chi connectivity index (χ1v) is 8.87. The second-order valence-electron chi connectivity index (χ2n) is 8.61. The van der Waals surface area contributed by atoms with Gasteiger partial charge in [0, 0.05) is 6.42 Å². The molecule has 3 saturated carbocycles. The van der Waals surface area contributed by atoms with Crippen LogP contribution in [0, 0.1) is 28.6 Å². The normalized spacial score (nSPS) is 52.7. The third kappa shape index (κ3) is 1.78. The van der Waals surface area contributed by atoms with E-state index >= 15 is 0 Å². The van der Waals surface area contributed by atoms with Crippen LogP contribution in [-0.2, 0) is 4.79 Å². The number of hydrogen-bond acceptors (Lipinski definition) is 2. The topological polar surface area (TPSA) is 37.3 Å². The zero-order chi connectivity index (χ0) is 14.8. The zero-order valence-electron chi connectivity index (χ0n) is 13.4. The van der Waals surface area contributed by atoms with E-state index in [0.29, 0.717) is 11.7 Å². The summed E-state index contributed by atoms with van der Waals surface area (Å²) >= 11 is 0. The van der Waals surface area contributed by atoms with E-state index in [1.165, 1.54) is 31.3 Å². The van der Waals surface area contributed by atoms with Crippen molar-refractivity contribution in [3.05, 3.63) is 11.6 Å². The largest absolute Gasteiger partial charge is 0.393 e. The van der Waals surface area contributed by atoms with Crippen LogP contribution >= 0.6 is 0 Å². The van der Waals surface area contributed by atoms with Crippen molar-refractivity contribution in [2.24, 2.45) is 28.6 Å². The Bertz CT molecular complexity index is 508. The second-order valence-corrected chi connectivity index (χ2v) is 8.61. The maximum atomic E-state index is 11.8. The van der Waals surface area contributed by atoms with E-state index in [-0.39, 0.29) is 16.9 Å². The average molecular weight is 288 g/mol. The monoisotopic (exact) mass is 288 g/mol. The Morgan fingerprint density at radius 1 is 1.05 bits per heavy atom. The fourth-order valence-electron chi connectivity index (χ4n) is 6.53. The van der Waals surface area contributed by atoms with E-state index in [4.69, 9.17) is 0 Å². The van der Waals surface area contributed by atoms with Gasteiger partial charge in [0.15, 0.2) is 5.78 Å². The number of carbonyl (C=O) groups excluding carboxylic acids is 1. The van der Waals surface area contributed by atoms with Crippen molar-refractivity contribution in [1.82, 2.24) is 0 Å². The summed E-state index contributed by atoms with van der Waals surface area (Å²) in [6.45, 7) is 4.76. The molecule has 3 fully saturated rings. The maximum absolute atomic E-state index is 11.8. The van der Waals surface area contributed by atoms with Gasteiger partial charge < -0.3 is 5.11 Å². The van der Waals surface area contributed by atoms with Gasteiger partial charge in [0.2, 0.25) is 0 Å². The molecule has 0 amide bonds. The summed E-state index contributed by atoms with van der Waals surface area (Å²) in [5, 5.41) is 10.4. The Morgan fingerprint density at radius 2 is 1.86 bits per heavy atom. The molecule has 0 spiro atoms. The molecule has 6 atom stereocenters. The summed E-state index contributed by atoms with van der Waals surface area (Å²) in [5.74, 6) is 2.57. The Kier molecular flexibility index (Phi) is 2.96. The molecule has 4 rings (SSSR count). The summed E-state index contributed by atoms with van der Waals surface area (Å²) in [6, 6.07) is 0. The highest BCUT2D eigenvalue weighted by atomic mass is 16.3. The van der Waals surface area contributed by atoms with E-state index < -0.39 is 0 Å². The molecule has 116 valence electrons. The molecular formula is C19H28O2. The molecule has 3 unspecified atom stereocenters. The van der Waals surface area contributed by atoms with Gasteiger partial charge in [-0.2, -0.15) is 0 Å². The third-order valence-corrected chi connectivity index (χ3v) is 7.91. The van der Waals surface area contributed by atoms with E-state index in [2.05, 4.69) is 13.8 Å². The van der Waals surface area contributed by atoms with E-state index in [1.807, 2.05) is 6.08 Å². The highest BCUT2D eigenvalue weighted by Crippen LogP contribution is 2.65. The number of allylic oxidation sites excluding steroid dienone is 1. The Hall–Kier alpha value is -0.630. The van der Waals surface area contributed by atoms with Crippen molar-refractivity contribution < 1.29 is 9.90 Å². The minimum absolute atomic E-state index is 0.0823. The Labute approximate surface area is 128 Å². The molecule has 0 bridgehead atoms. The van der Waals surface area contributed by atoms with Crippen LogP contribution in [0.15, 0.2) is 11.6 Å². The van der Waals surface area contributed by atoms with E-state index in [9.17, 15) is 9.90 Å². The summed E-state index contributed by atoms with van der Waals surface area (Å²) in [7, 11) is 0. The molecule has 21 heavy (non-hydrogen) atoms. The van der Waals surface area contributed by atoms with Crippen LogP contribution in [0.5, 0.6) is 0 Å². The minimum Gasteiger partial charge on any atom is -0.393 e. The lowest BCUT2D eigenvalue weighted by Crippen LogP contribution is -2.51. The molecule has 4 aliphatic carbocycles. The summed E-state index contributed by atoms with van der Waals surface area (Å²) in [6.07, 6.45) is 10.7. The molecule has 0 aromatic rings. The number of carbonyl (C=O) groups is 1. The van der Waals surface area contributed by atoms with Gasteiger partial charge in [-0.1, -0.05) is 19.4 Å². The predicted molar refractivity (Wildman–Crippen MR) is 82.7 cm³/mol. The van der Waals surface area contributed by atoms with Crippen LogP contribution in [-0.4, -0.2) is 17.0 Å². The molecule has 0 aliphatic heterocycles. The van der Waals surface area contributed by atoms with Gasteiger partial charge in [0.25, 0.3) is 0 Å². The quantitative estimate of drug-likeness (QED) is 0.734. The first kappa shape index (κ1) is 14.0. The van der Waals surface area contributed by atoms with Crippen LogP contribution in [0.25, 0.3) is 0 Å². The summed E-state index contributed by atoms with van der Waals surface area (Å²) < 4.78 is 0. The van der Waals surface area contributed by atoms with Crippen molar-refractivity contribution in [2.45, 2.75) is 71.3 Å². The van der Waals surface area contributed by atoms with Crippen molar-refractivity contribution in [3.8, 4) is 0 Å². The smallest absolute Gasteiger partial charge is 0.155 e. The molecule has 2 nitrogen and oxygen atoms in total. The van der Waals surface area contributed by atoms with Crippen LogP contribution < -0.4 is 0 Å². The lowest BCUT2D eigenvalue weighted by Gasteiger charge is -2.57. The predicted octanol–water partition coefficient (Wildman–Crippen LogP) is 3.88. The first-order chi connectivity index (χ1) is 9.95. The number of hydrogen-bond donors (Lipinski definition) is 1. The Morgan fingerprint density at radius 3 is 2.67 bits per heavy atom. The van der Waals surface area contributed by atoms with Crippen LogP contribution in [0.3, 0.4) is 0 Å². The van der Waals surface area contributed by atoms with Crippen LogP contribution in [0.2, 0.25) is 0 Å². The fraction of sp³-hybridized carbons (Fsp3) is 0.842. The van der Waals surface area contributed by atoms with Gasteiger partial charge in [-0.3, -0.25) is 4.79 Å². The molecule has 0 saturated heterocycles. The molecular weight excluding hydrogens is 260 g/mol. The van der Waals surface area contributed by atoms with Gasteiger partial charge in [-0.05, 0) is 79.6 Å². The van der Waals surface area contributed by atoms with Crippen molar-refractivity contribution in [1.29, 1.82) is 0 Å². The van der Waals surface area contributed by atoms with Crippen LogP contribution in [0.1, 0.15) is 65.2 Å². The molecule has 0 aromatic carbocycles. The lowest BCUT2D eigenvalue weighted by molar-refractivity contribution is -0.118. The Balaban J connectivity index is 1.69. The van der Waals surface area contributed by atoms with Gasteiger partial charge in [0.05, 0.1) is 6.10 Å². The number of aliphatic hydroxyl groups is 1. The molecule has 1 N–H and O–H groups in total. The highest BCUT2D eigenvalue weighted by molar-refractivity contribution is 5.91. The van der Waals surface area contributed by atoms with Crippen LogP contribution in [0.4, 0.5) is 0 Å². The van der Waals surface area contributed by atoms with Gasteiger partial charge in [0.1, 0.15) is 0 Å². The van der Waals surface area contributed by atoms with E-state index in [1.54, 1.807) is 0 Å². The summed E-state index contributed by atoms with van der Waals surface area (Å²) in [5.41, 5.74) is 1.89. The average Bonchev–Trinajstić information content (AvgIpc) is 2.76. The lowest BCUT2D eigenvalue weighted by atomic mass is 9.47. The van der Waals surface area contributed by atoms with Gasteiger partial charge in [-0.25, -0.2) is 0 Å². The highest BCUT2D eigenvalue weighted by Gasteiger charge is 2.58. The zero-order valence-corrected chi connectivity index (χ0v) is 13.4. The van der Waals surface area contributed by atoms with Gasteiger partial charge in [-0.15, -0.1) is 0 Å². The van der Waals surface area contributed by atoms with Gasteiger partial charge >= 0.3 is 0 Å². The van der Waals surface area contributed by atoms with E-state index in [0.717, 1.165) is 37.5 Å². The number of aliphatic hydroxyl groups excluding tert-OH is 1. The van der Waals surface area contributed by atoms with Crippen molar-refractivity contribution in [3.63, 3.8) is 0 Å². The maximum Gasteiger partial charge on any atom is 0.155 e. The van der Waals surface area contributed by atoms with Crippen molar-refractivity contribution >= 4 is 5.78 Å². The molecule has 0 radical (unpaired) electrons. The number of ketones is 1. The van der Waals surface area contributed by atoms with Crippen molar-refractivity contribution in [2.75, 3.05) is 0 Å². The fourth-order valence-corrected chi connectivity index (χ4v) is 6.53. The number of fused-ring (bicyclic) bond motifs is 5. The molecule has 2 heteroatoms. The third-order valence-electron chi connectivity index (χ3n) is 7.91. The molecule has 0 heterocycles. The standard InChI is InChI=1S/C19H28O2/c1-18-9-7-13(20)11-12(18)3-4-14-15-5-6-17(21)19(15,2)10-8-16(14)18/h11,14-17,21H,3-10H2,1-2H3/t14?,15?,16?,17-,18-,19-/m1/s1. The molecule has 4 aliphatic rings. The molecule has 0 aromatic heterocycles. The second kappa shape index (κ2) is 4.44.